The first-order valence-corrected chi connectivity index (χ1v) is 13.1. The monoisotopic (exact) mass is 498 g/mol. The van der Waals surface area contributed by atoms with E-state index in [0.29, 0.717) is 12.2 Å². The summed E-state index contributed by atoms with van der Waals surface area (Å²) in [4.78, 5) is 14.0. The van der Waals surface area contributed by atoms with E-state index in [0.717, 1.165) is 29.9 Å². The van der Waals surface area contributed by atoms with Crippen molar-refractivity contribution >= 4 is 27.4 Å². The SMILES string of the molecule is CCCn1nc(C)cc1CN(C)c1ccc(NS(=O)(=O)c2ccc(C(C)(C)C)cc2)cc1C(=O)O. The predicted molar refractivity (Wildman–Crippen MR) is 139 cm³/mol. The summed E-state index contributed by atoms with van der Waals surface area (Å²) in [6.07, 6.45) is 0.936. The van der Waals surface area contributed by atoms with Crippen LogP contribution in [0.3, 0.4) is 0 Å². The van der Waals surface area contributed by atoms with Crippen molar-refractivity contribution in [3.63, 3.8) is 0 Å². The fourth-order valence-corrected chi connectivity index (χ4v) is 4.96. The molecule has 0 saturated carbocycles. The van der Waals surface area contributed by atoms with Crippen LogP contribution >= 0.6 is 0 Å². The molecule has 0 saturated heterocycles. The standard InChI is InChI=1S/C26H34N4O4S/c1-7-14-30-21(15-18(2)27-30)17-29(6)24-13-10-20(16-23(24)25(31)32)28-35(33,34)22-11-8-19(9-12-22)26(3,4)5/h8-13,15-16,28H,7,14,17H2,1-6H3,(H,31,32). The molecule has 8 nitrogen and oxygen atoms in total. The van der Waals surface area contributed by atoms with Crippen molar-refractivity contribution in [2.75, 3.05) is 16.7 Å². The summed E-state index contributed by atoms with van der Waals surface area (Å²) in [5, 5.41) is 14.4. The minimum atomic E-state index is -3.88. The second kappa shape index (κ2) is 10.1. The first kappa shape index (κ1) is 26.3. The average molecular weight is 499 g/mol. The van der Waals surface area contributed by atoms with Crippen LogP contribution < -0.4 is 9.62 Å². The van der Waals surface area contributed by atoms with Gasteiger partial charge in [0.2, 0.25) is 0 Å². The topological polar surface area (TPSA) is 105 Å². The Balaban J connectivity index is 1.86. The molecule has 188 valence electrons. The van der Waals surface area contributed by atoms with Crippen molar-refractivity contribution in [2.24, 2.45) is 0 Å². The first-order valence-electron chi connectivity index (χ1n) is 11.6. The summed E-state index contributed by atoms with van der Waals surface area (Å²) in [6, 6.07) is 13.2. The second-order valence-electron chi connectivity index (χ2n) is 9.77. The summed E-state index contributed by atoms with van der Waals surface area (Å²) >= 11 is 0. The van der Waals surface area contributed by atoms with Gasteiger partial charge in [0, 0.05) is 19.3 Å². The number of sulfonamides is 1. The van der Waals surface area contributed by atoms with Gasteiger partial charge in [-0.3, -0.25) is 9.40 Å². The number of carboxylic acid groups (broad SMARTS) is 1. The molecule has 3 aromatic rings. The number of aryl methyl sites for hydroxylation is 2. The molecule has 1 heterocycles. The molecule has 0 bridgehead atoms. The number of carboxylic acids is 1. The number of hydrogen-bond donors (Lipinski definition) is 2. The number of rotatable bonds is 9. The summed E-state index contributed by atoms with van der Waals surface area (Å²) in [5.74, 6) is -1.14. The van der Waals surface area contributed by atoms with Crippen molar-refractivity contribution in [1.82, 2.24) is 9.78 Å². The number of benzene rings is 2. The molecule has 0 aliphatic rings. The van der Waals surface area contributed by atoms with Gasteiger partial charge in [0.15, 0.2) is 0 Å². The van der Waals surface area contributed by atoms with Gasteiger partial charge in [0.25, 0.3) is 10.0 Å². The van der Waals surface area contributed by atoms with Crippen LogP contribution in [-0.4, -0.2) is 36.3 Å². The lowest BCUT2D eigenvalue weighted by Crippen LogP contribution is -2.22. The quantitative estimate of drug-likeness (QED) is 0.429. The van der Waals surface area contributed by atoms with E-state index in [1.807, 2.05) is 22.6 Å². The number of carbonyl (C=O) groups is 1. The van der Waals surface area contributed by atoms with Gasteiger partial charge in [-0.15, -0.1) is 0 Å². The van der Waals surface area contributed by atoms with Crippen LogP contribution in [0.2, 0.25) is 0 Å². The van der Waals surface area contributed by atoms with Crippen molar-refractivity contribution < 1.29 is 18.3 Å². The van der Waals surface area contributed by atoms with Crippen molar-refractivity contribution in [1.29, 1.82) is 0 Å². The molecule has 0 unspecified atom stereocenters. The average Bonchev–Trinajstić information content (AvgIpc) is 3.11. The fraction of sp³-hybridized carbons (Fsp3) is 0.385. The Morgan fingerprint density at radius 3 is 2.34 bits per heavy atom. The Labute approximate surface area is 207 Å². The van der Waals surface area contributed by atoms with Gasteiger partial charge in [0.1, 0.15) is 0 Å². The molecule has 2 aromatic carbocycles. The molecule has 0 amide bonds. The highest BCUT2D eigenvalue weighted by molar-refractivity contribution is 7.92. The van der Waals surface area contributed by atoms with E-state index in [9.17, 15) is 18.3 Å². The van der Waals surface area contributed by atoms with E-state index in [2.05, 4.69) is 37.5 Å². The molecule has 0 fully saturated rings. The zero-order valence-corrected chi connectivity index (χ0v) is 22.0. The van der Waals surface area contributed by atoms with Gasteiger partial charge < -0.3 is 10.0 Å². The number of anilines is 2. The van der Waals surface area contributed by atoms with Crippen LogP contribution in [0.4, 0.5) is 11.4 Å². The zero-order valence-electron chi connectivity index (χ0n) is 21.2. The summed E-state index contributed by atoms with van der Waals surface area (Å²) in [5.41, 5.74) is 3.48. The van der Waals surface area contributed by atoms with Crippen molar-refractivity contribution in [3.05, 3.63) is 71.0 Å². The largest absolute Gasteiger partial charge is 0.478 e. The van der Waals surface area contributed by atoms with Crippen LogP contribution in [0.1, 0.15) is 61.4 Å². The van der Waals surface area contributed by atoms with Gasteiger partial charge in [-0.05, 0) is 60.7 Å². The maximum Gasteiger partial charge on any atom is 0.337 e. The number of nitrogens with zero attached hydrogens (tertiary/aromatic N) is 3. The van der Waals surface area contributed by atoms with Gasteiger partial charge >= 0.3 is 5.97 Å². The Morgan fingerprint density at radius 2 is 1.77 bits per heavy atom. The molecule has 1 aromatic heterocycles. The van der Waals surface area contributed by atoms with Crippen LogP contribution in [0.15, 0.2) is 53.4 Å². The van der Waals surface area contributed by atoms with Crippen LogP contribution in [0, 0.1) is 6.92 Å². The van der Waals surface area contributed by atoms with Crippen molar-refractivity contribution in [3.8, 4) is 0 Å². The van der Waals surface area contributed by atoms with E-state index < -0.39 is 16.0 Å². The predicted octanol–water partition coefficient (Wildman–Crippen LogP) is 5.03. The third-order valence-corrected chi connectivity index (χ3v) is 7.14. The molecule has 35 heavy (non-hydrogen) atoms. The van der Waals surface area contributed by atoms with E-state index in [1.54, 1.807) is 43.4 Å². The third kappa shape index (κ3) is 6.22. The molecule has 3 rings (SSSR count). The molecule has 0 radical (unpaired) electrons. The van der Waals surface area contributed by atoms with Gasteiger partial charge in [-0.2, -0.15) is 5.10 Å². The number of aromatic carboxylic acids is 1. The Bertz CT molecular complexity index is 1310. The molecule has 0 aliphatic heterocycles. The summed E-state index contributed by atoms with van der Waals surface area (Å²) < 4.78 is 30.3. The van der Waals surface area contributed by atoms with Crippen molar-refractivity contribution in [2.45, 2.75) is 64.4 Å². The number of hydrogen-bond acceptors (Lipinski definition) is 5. The van der Waals surface area contributed by atoms with Gasteiger partial charge in [0.05, 0.1) is 34.1 Å². The molecule has 0 aliphatic carbocycles. The number of nitrogens with one attached hydrogen (secondary N) is 1. The normalized spacial score (nSPS) is 11.9. The van der Waals surface area contributed by atoms with Gasteiger partial charge in [-0.1, -0.05) is 39.8 Å². The van der Waals surface area contributed by atoms with Gasteiger partial charge in [-0.25, -0.2) is 13.2 Å². The van der Waals surface area contributed by atoms with E-state index in [-0.39, 0.29) is 21.6 Å². The molecular weight excluding hydrogens is 464 g/mol. The Hall–Kier alpha value is -3.33. The van der Waals surface area contributed by atoms with Crippen LogP contribution in [-0.2, 0) is 28.5 Å². The molecule has 2 N–H and O–H groups in total. The minimum absolute atomic E-state index is 0.00839. The molecule has 9 heteroatoms. The first-order chi connectivity index (χ1) is 16.3. The maximum atomic E-state index is 12.9. The highest BCUT2D eigenvalue weighted by Crippen LogP contribution is 2.28. The molecular formula is C26H34N4O4S. The Morgan fingerprint density at radius 1 is 1.11 bits per heavy atom. The smallest absolute Gasteiger partial charge is 0.337 e. The second-order valence-corrected chi connectivity index (χ2v) is 11.5. The third-order valence-electron chi connectivity index (χ3n) is 5.74. The lowest BCUT2D eigenvalue weighted by molar-refractivity contribution is 0.0697. The Kier molecular flexibility index (Phi) is 7.59. The number of aromatic nitrogens is 2. The van der Waals surface area contributed by atoms with Crippen LogP contribution in [0.5, 0.6) is 0 Å². The zero-order chi connectivity index (χ0) is 26.0. The molecule has 0 atom stereocenters. The summed E-state index contributed by atoms with van der Waals surface area (Å²) in [6.45, 7) is 11.4. The van der Waals surface area contributed by atoms with E-state index in [4.69, 9.17) is 0 Å². The fourth-order valence-electron chi connectivity index (χ4n) is 3.91. The highest BCUT2D eigenvalue weighted by atomic mass is 32.2. The lowest BCUT2D eigenvalue weighted by atomic mass is 9.87. The van der Waals surface area contributed by atoms with E-state index >= 15 is 0 Å². The maximum absolute atomic E-state index is 12.9. The molecule has 0 spiro atoms. The summed E-state index contributed by atoms with van der Waals surface area (Å²) in [7, 11) is -2.07. The van der Waals surface area contributed by atoms with Crippen LogP contribution in [0.25, 0.3) is 0 Å². The highest BCUT2D eigenvalue weighted by Gasteiger charge is 2.21. The minimum Gasteiger partial charge on any atom is -0.478 e. The van der Waals surface area contributed by atoms with E-state index in [1.165, 1.54) is 6.07 Å². The lowest BCUT2D eigenvalue weighted by Gasteiger charge is -2.22.